The second-order valence-corrected chi connectivity index (χ2v) is 12.0. The van der Waals surface area contributed by atoms with E-state index in [1.165, 1.54) is 0 Å². The molecule has 1 fully saturated rings. The maximum Gasteiger partial charge on any atom is 0.191 e. The zero-order valence-corrected chi connectivity index (χ0v) is 14.9. The van der Waals surface area contributed by atoms with Crippen molar-refractivity contribution < 1.29 is 13.9 Å². The summed E-state index contributed by atoms with van der Waals surface area (Å²) < 4.78 is 17.1. The third-order valence-corrected chi connectivity index (χ3v) is 8.85. The molecule has 0 aromatic rings. The normalized spacial score (nSPS) is 20.8. The van der Waals surface area contributed by atoms with Crippen molar-refractivity contribution in [3.63, 3.8) is 0 Å². The number of epoxide rings is 1. The van der Waals surface area contributed by atoms with Gasteiger partial charge in [-0.1, -0.05) is 26.8 Å². The molecule has 4 heteroatoms. The van der Waals surface area contributed by atoms with Crippen molar-refractivity contribution in [2.24, 2.45) is 0 Å². The summed E-state index contributed by atoms with van der Waals surface area (Å²) in [4.78, 5) is 0. The van der Waals surface area contributed by atoms with Gasteiger partial charge >= 0.3 is 0 Å². The van der Waals surface area contributed by atoms with Crippen LogP contribution in [0.5, 0.6) is 0 Å². The summed E-state index contributed by atoms with van der Waals surface area (Å²) >= 11 is 0. The van der Waals surface area contributed by atoms with E-state index in [0.717, 1.165) is 32.5 Å². The van der Waals surface area contributed by atoms with Gasteiger partial charge in [0.05, 0.1) is 19.3 Å². The first-order valence-electron chi connectivity index (χ1n) is 7.76. The van der Waals surface area contributed by atoms with Crippen molar-refractivity contribution in [1.29, 1.82) is 0 Å². The molecule has 118 valence electrons. The minimum atomic E-state index is -1.58. The molecule has 1 rings (SSSR count). The Balaban J connectivity index is 2.09. The van der Waals surface area contributed by atoms with Crippen LogP contribution >= 0.6 is 0 Å². The van der Waals surface area contributed by atoms with Crippen LogP contribution in [0.1, 0.15) is 40.0 Å². The largest absolute Gasteiger partial charge is 0.417 e. The van der Waals surface area contributed by atoms with Crippen molar-refractivity contribution in [3.8, 4) is 0 Å². The summed E-state index contributed by atoms with van der Waals surface area (Å²) in [5.41, 5.74) is 0. The van der Waals surface area contributed by atoms with E-state index in [2.05, 4.69) is 40.4 Å². The topological polar surface area (TPSA) is 31.0 Å². The molecule has 1 aliphatic rings. The summed E-state index contributed by atoms with van der Waals surface area (Å²) in [5.74, 6) is 0. The molecule has 0 spiro atoms. The van der Waals surface area contributed by atoms with Crippen molar-refractivity contribution in [2.45, 2.75) is 70.4 Å². The number of hydrogen-bond acceptors (Lipinski definition) is 3. The van der Waals surface area contributed by atoms with E-state index in [0.29, 0.717) is 17.7 Å². The average molecular weight is 301 g/mol. The van der Waals surface area contributed by atoms with Crippen LogP contribution in [0.2, 0.25) is 18.1 Å². The van der Waals surface area contributed by atoms with Gasteiger partial charge in [-0.05, 0) is 37.4 Å². The molecule has 3 nitrogen and oxygen atoms in total. The molecule has 2 unspecified atom stereocenters. The Morgan fingerprint density at radius 1 is 1.35 bits per heavy atom. The fraction of sp³-hybridized carbons (Fsp3) is 0.875. The Morgan fingerprint density at radius 2 is 2.00 bits per heavy atom. The van der Waals surface area contributed by atoms with E-state index in [9.17, 15) is 0 Å². The molecule has 0 radical (unpaired) electrons. The van der Waals surface area contributed by atoms with E-state index >= 15 is 0 Å². The van der Waals surface area contributed by atoms with E-state index in [1.54, 1.807) is 0 Å². The Morgan fingerprint density at radius 3 is 2.50 bits per heavy atom. The van der Waals surface area contributed by atoms with Gasteiger partial charge in [-0.3, -0.25) is 0 Å². The summed E-state index contributed by atoms with van der Waals surface area (Å²) in [6.07, 6.45) is 5.64. The van der Waals surface area contributed by atoms with Gasteiger partial charge in [0.15, 0.2) is 8.32 Å². The molecule has 20 heavy (non-hydrogen) atoms. The van der Waals surface area contributed by atoms with Crippen LogP contribution in [0.25, 0.3) is 0 Å². The summed E-state index contributed by atoms with van der Waals surface area (Å²) in [6, 6.07) is 0. The lowest BCUT2D eigenvalue weighted by molar-refractivity contribution is 0.0648. The smallest absolute Gasteiger partial charge is 0.191 e. The molecule has 0 aliphatic carbocycles. The molecule has 0 bridgehead atoms. The van der Waals surface area contributed by atoms with Crippen LogP contribution in [0, 0.1) is 0 Å². The van der Waals surface area contributed by atoms with Crippen molar-refractivity contribution in [3.05, 3.63) is 12.7 Å². The van der Waals surface area contributed by atoms with Gasteiger partial charge in [0.2, 0.25) is 0 Å². The van der Waals surface area contributed by atoms with Gasteiger partial charge in [-0.15, -0.1) is 6.58 Å². The Labute approximate surface area is 125 Å². The van der Waals surface area contributed by atoms with Crippen LogP contribution in [0.3, 0.4) is 0 Å². The fourth-order valence-corrected chi connectivity index (χ4v) is 2.74. The van der Waals surface area contributed by atoms with Gasteiger partial charge in [-0.2, -0.15) is 0 Å². The highest BCUT2D eigenvalue weighted by Gasteiger charge is 2.36. The Hall–Kier alpha value is -0.163. The summed E-state index contributed by atoms with van der Waals surface area (Å²) in [5, 5.41) is 0.296. The highest BCUT2D eigenvalue weighted by Crippen LogP contribution is 2.36. The second kappa shape index (κ2) is 7.73. The monoisotopic (exact) mass is 300 g/mol. The predicted octanol–water partition coefficient (Wildman–Crippen LogP) is 4.15. The molecule has 0 amide bonds. The fourth-order valence-electron chi connectivity index (χ4n) is 1.66. The molecule has 1 saturated heterocycles. The van der Waals surface area contributed by atoms with Crippen LogP contribution in [-0.2, 0) is 13.9 Å². The molecule has 0 aromatic heterocycles. The van der Waals surface area contributed by atoms with Gasteiger partial charge in [0, 0.05) is 6.61 Å². The standard InChI is InChI=1S/C16H32O3Si/c1-7-14(17-12-15-13-18-15)10-8-9-11-19-20(5,6)16(2,3)4/h7,14-15H,1,8-13H2,2-6H3. The van der Waals surface area contributed by atoms with Gasteiger partial charge in [-0.25, -0.2) is 0 Å². The first-order valence-corrected chi connectivity index (χ1v) is 10.7. The molecule has 0 N–H and O–H groups in total. The number of ether oxygens (including phenoxy) is 2. The van der Waals surface area contributed by atoms with E-state index < -0.39 is 8.32 Å². The summed E-state index contributed by atoms with van der Waals surface area (Å²) in [6.45, 7) is 17.7. The Bertz CT molecular complexity index is 293. The lowest BCUT2D eigenvalue weighted by atomic mass is 10.1. The van der Waals surface area contributed by atoms with Crippen LogP contribution in [-0.4, -0.2) is 40.3 Å². The molecule has 0 aromatic carbocycles. The zero-order chi connectivity index (χ0) is 15.2. The quantitative estimate of drug-likeness (QED) is 0.263. The molecule has 2 atom stereocenters. The highest BCUT2D eigenvalue weighted by atomic mass is 28.4. The molecule has 0 saturated carbocycles. The second-order valence-electron chi connectivity index (χ2n) is 7.17. The average Bonchev–Trinajstić information content (AvgIpc) is 3.15. The number of unbranched alkanes of at least 4 members (excludes halogenated alkanes) is 1. The Kier molecular flexibility index (Phi) is 6.92. The van der Waals surface area contributed by atoms with Crippen LogP contribution in [0.15, 0.2) is 12.7 Å². The van der Waals surface area contributed by atoms with Crippen molar-refractivity contribution in [1.82, 2.24) is 0 Å². The summed E-state index contributed by atoms with van der Waals surface area (Å²) in [7, 11) is -1.58. The maximum absolute atomic E-state index is 6.17. The molecule has 1 aliphatic heterocycles. The lowest BCUT2D eigenvalue weighted by Crippen LogP contribution is -2.40. The van der Waals surface area contributed by atoms with Gasteiger partial charge < -0.3 is 13.9 Å². The third-order valence-electron chi connectivity index (χ3n) is 4.31. The maximum atomic E-state index is 6.17. The third kappa shape index (κ3) is 6.53. The van der Waals surface area contributed by atoms with Gasteiger partial charge in [0.1, 0.15) is 6.10 Å². The lowest BCUT2D eigenvalue weighted by Gasteiger charge is -2.36. The minimum Gasteiger partial charge on any atom is -0.417 e. The van der Waals surface area contributed by atoms with E-state index in [1.807, 2.05) is 6.08 Å². The highest BCUT2D eigenvalue weighted by molar-refractivity contribution is 6.74. The predicted molar refractivity (Wildman–Crippen MR) is 86.7 cm³/mol. The number of rotatable bonds is 10. The first-order chi connectivity index (χ1) is 9.26. The van der Waals surface area contributed by atoms with Crippen LogP contribution < -0.4 is 0 Å². The minimum absolute atomic E-state index is 0.159. The molecular weight excluding hydrogens is 268 g/mol. The number of hydrogen-bond donors (Lipinski definition) is 0. The molecular formula is C16H32O3Si. The molecule has 1 heterocycles. The van der Waals surface area contributed by atoms with Gasteiger partial charge in [0.25, 0.3) is 0 Å². The van der Waals surface area contributed by atoms with Crippen molar-refractivity contribution >= 4 is 8.32 Å². The van der Waals surface area contributed by atoms with E-state index in [-0.39, 0.29) is 6.10 Å². The SMILES string of the molecule is C=CC(CCCCO[Si](C)(C)C(C)(C)C)OCC1CO1. The van der Waals surface area contributed by atoms with Crippen molar-refractivity contribution in [2.75, 3.05) is 19.8 Å². The van der Waals surface area contributed by atoms with Crippen LogP contribution in [0.4, 0.5) is 0 Å². The first kappa shape index (κ1) is 17.9. The van der Waals surface area contributed by atoms with E-state index in [4.69, 9.17) is 13.9 Å². The zero-order valence-electron chi connectivity index (χ0n) is 13.9.